The van der Waals surface area contributed by atoms with Crippen LogP contribution in [0.25, 0.3) is 11.0 Å². The van der Waals surface area contributed by atoms with Crippen molar-refractivity contribution in [1.82, 2.24) is 15.2 Å². The van der Waals surface area contributed by atoms with Gasteiger partial charge in [0.1, 0.15) is 5.52 Å². The first-order valence-corrected chi connectivity index (χ1v) is 4.29. The third-order valence-electron chi connectivity index (χ3n) is 1.79. The predicted octanol–water partition coefficient (Wildman–Crippen LogP) is 1.13. The molecule has 72 valence electrons. The van der Waals surface area contributed by atoms with Gasteiger partial charge in [-0.25, -0.2) is 4.79 Å². The Labute approximate surface area is 80.1 Å². The van der Waals surface area contributed by atoms with Crippen LogP contribution in [0, 0.1) is 0 Å². The van der Waals surface area contributed by atoms with Crippen molar-refractivity contribution in [3.8, 4) is 0 Å². The molecule has 0 aliphatic heterocycles. The summed E-state index contributed by atoms with van der Waals surface area (Å²) in [5.74, 6) is -0.447. The fourth-order valence-electron chi connectivity index (χ4n) is 1.20. The number of aromatic nitrogens is 3. The Balaban J connectivity index is 2.47. The summed E-state index contributed by atoms with van der Waals surface area (Å²) in [7, 11) is 0. The van der Waals surface area contributed by atoms with Crippen molar-refractivity contribution in [3.05, 3.63) is 24.0 Å². The number of carbonyl (C=O) groups excluding carboxylic acids is 1. The van der Waals surface area contributed by atoms with E-state index >= 15 is 0 Å². The molecule has 0 saturated heterocycles. The summed E-state index contributed by atoms with van der Waals surface area (Å²) in [5.41, 5.74) is 1.52. The molecule has 0 saturated carbocycles. The monoisotopic (exact) mass is 191 g/mol. The Bertz CT molecular complexity index is 464. The lowest BCUT2D eigenvalue weighted by molar-refractivity contribution is 0.0521. The molecule has 14 heavy (non-hydrogen) atoms. The Kier molecular flexibility index (Phi) is 2.14. The molecule has 0 spiro atoms. The van der Waals surface area contributed by atoms with Crippen LogP contribution >= 0.6 is 0 Å². The van der Waals surface area contributed by atoms with E-state index in [9.17, 15) is 4.79 Å². The van der Waals surface area contributed by atoms with Crippen molar-refractivity contribution in [2.45, 2.75) is 6.92 Å². The number of pyridine rings is 1. The zero-order valence-electron chi connectivity index (χ0n) is 7.65. The van der Waals surface area contributed by atoms with E-state index in [1.807, 2.05) is 0 Å². The summed E-state index contributed by atoms with van der Waals surface area (Å²) in [5, 5.41) is 6.57. The number of H-pyrrole nitrogens is 1. The maximum Gasteiger partial charge on any atom is 0.361 e. The van der Waals surface area contributed by atoms with E-state index in [-0.39, 0.29) is 5.69 Å². The lowest BCUT2D eigenvalue weighted by Crippen LogP contribution is -2.05. The van der Waals surface area contributed by atoms with Crippen molar-refractivity contribution in [2.75, 3.05) is 6.61 Å². The molecule has 0 unspecified atom stereocenters. The summed E-state index contributed by atoms with van der Waals surface area (Å²) in [4.78, 5) is 15.4. The standard InChI is InChI=1S/C9H9N3O2/c1-2-14-9(13)8-7-6(11-12-8)4-3-5-10-7/h3-5H,2H2,1H3,(H,11,12). The molecule has 2 heterocycles. The van der Waals surface area contributed by atoms with Crippen molar-refractivity contribution >= 4 is 17.0 Å². The molecule has 0 aliphatic rings. The number of ether oxygens (including phenoxy) is 1. The van der Waals surface area contributed by atoms with Crippen molar-refractivity contribution < 1.29 is 9.53 Å². The molecule has 5 nitrogen and oxygen atoms in total. The number of hydrogen-bond acceptors (Lipinski definition) is 4. The minimum atomic E-state index is -0.447. The Morgan fingerprint density at radius 2 is 2.50 bits per heavy atom. The number of fused-ring (bicyclic) bond motifs is 1. The van der Waals surface area contributed by atoms with E-state index < -0.39 is 5.97 Å². The van der Waals surface area contributed by atoms with Crippen LogP contribution in [0.2, 0.25) is 0 Å². The minimum absolute atomic E-state index is 0.238. The Morgan fingerprint density at radius 1 is 1.64 bits per heavy atom. The molecule has 5 heteroatoms. The van der Waals surface area contributed by atoms with E-state index in [2.05, 4.69) is 15.2 Å². The SMILES string of the molecule is CCOC(=O)c1n[nH]c2cccnc12. The van der Waals surface area contributed by atoms with Crippen molar-refractivity contribution in [1.29, 1.82) is 0 Å². The van der Waals surface area contributed by atoms with Crippen LogP contribution < -0.4 is 0 Å². The number of rotatable bonds is 2. The highest BCUT2D eigenvalue weighted by atomic mass is 16.5. The van der Waals surface area contributed by atoms with E-state index in [1.54, 1.807) is 25.3 Å². The first-order valence-electron chi connectivity index (χ1n) is 4.29. The van der Waals surface area contributed by atoms with E-state index in [0.717, 1.165) is 5.52 Å². The molecule has 0 amide bonds. The molecule has 0 radical (unpaired) electrons. The molecule has 0 aliphatic carbocycles. The van der Waals surface area contributed by atoms with Gasteiger partial charge in [-0.15, -0.1) is 0 Å². The molecule has 0 bridgehead atoms. The zero-order valence-corrected chi connectivity index (χ0v) is 7.65. The highest BCUT2D eigenvalue weighted by Crippen LogP contribution is 2.12. The Hall–Kier alpha value is -1.91. The van der Waals surface area contributed by atoms with Gasteiger partial charge in [-0.3, -0.25) is 10.1 Å². The molecule has 2 aromatic heterocycles. The lowest BCUT2D eigenvalue weighted by atomic mass is 10.3. The summed E-state index contributed by atoms with van der Waals surface area (Å²) in [6.07, 6.45) is 1.61. The molecule has 1 N–H and O–H groups in total. The van der Waals surface area contributed by atoms with Gasteiger partial charge in [0.05, 0.1) is 12.1 Å². The van der Waals surface area contributed by atoms with Crippen LogP contribution in [0.5, 0.6) is 0 Å². The van der Waals surface area contributed by atoms with Gasteiger partial charge in [-0.1, -0.05) is 0 Å². The van der Waals surface area contributed by atoms with Gasteiger partial charge in [-0.05, 0) is 19.1 Å². The smallest absolute Gasteiger partial charge is 0.361 e. The molecule has 2 rings (SSSR count). The molecule has 2 aromatic rings. The second-order valence-electron chi connectivity index (χ2n) is 2.69. The van der Waals surface area contributed by atoms with Crippen LogP contribution in [0.1, 0.15) is 17.4 Å². The van der Waals surface area contributed by atoms with Gasteiger partial charge >= 0.3 is 5.97 Å². The van der Waals surface area contributed by atoms with Crippen molar-refractivity contribution in [3.63, 3.8) is 0 Å². The summed E-state index contributed by atoms with van der Waals surface area (Å²) >= 11 is 0. The maximum absolute atomic E-state index is 11.4. The number of nitrogens with one attached hydrogen (secondary N) is 1. The van der Waals surface area contributed by atoms with E-state index in [1.165, 1.54) is 0 Å². The second-order valence-corrected chi connectivity index (χ2v) is 2.69. The molecule has 0 atom stereocenters. The third kappa shape index (κ3) is 1.32. The molecule has 0 aromatic carbocycles. The average molecular weight is 191 g/mol. The van der Waals surface area contributed by atoms with Crippen LogP contribution in [0.15, 0.2) is 18.3 Å². The van der Waals surface area contributed by atoms with Gasteiger partial charge < -0.3 is 4.74 Å². The summed E-state index contributed by atoms with van der Waals surface area (Å²) < 4.78 is 4.83. The number of hydrogen-bond donors (Lipinski definition) is 1. The van der Waals surface area contributed by atoms with E-state index in [0.29, 0.717) is 12.1 Å². The van der Waals surface area contributed by atoms with Gasteiger partial charge in [0, 0.05) is 6.20 Å². The van der Waals surface area contributed by atoms with Crippen LogP contribution in [0.4, 0.5) is 0 Å². The maximum atomic E-state index is 11.4. The average Bonchev–Trinajstić information content (AvgIpc) is 2.61. The largest absolute Gasteiger partial charge is 0.461 e. The van der Waals surface area contributed by atoms with Gasteiger partial charge in [0.25, 0.3) is 0 Å². The zero-order chi connectivity index (χ0) is 9.97. The van der Waals surface area contributed by atoms with E-state index in [4.69, 9.17) is 4.74 Å². The first kappa shape index (κ1) is 8.68. The normalized spacial score (nSPS) is 10.4. The summed E-state index contributed by atoms with van der Waals surface area (Å²) in [6.45, 7) is 2.08. The van der Waals surface area contributed by atoms with Gasteiger partial charge in [0.15, 0.2) is 5.69 Å². The third-order valence-corrected chi connectivity index (χ3v) is 1.79. The number of nitrogens with zero attached hydrogens (tertiary/aromatic N) is 2. The quantitative estimate of drug-likeness (QED) is 0.722. The summed E-state index contributed by atoms with van der Waals surface area (Å²) in [6, 6.07) is 3.58. The van der Waals surface area contributed by atoms with Crippen LogP contribution in [0.3, 0.4) is 0 Å². The van der Waals surface area contributed by atoms with Crippen LogP contribution in [-0.4, -0.2) is 27.8 Å². The minimum Gasteiger partial charge on any atom is -0.461 e. The number of carbonyl (C=O) groups is 1. The van der Waals surface area contributed by atoms with Crippen molar-refractivity contribution in [2.24, 2.45) is 0 Å². The fourth-order valence-corrected chi connectivity index (χ4v) is 1.20. The van der Waals surface area contributed by atoms with Gasteiger partial charge in [0.2, 0.25) is 0 Å². The highest BCUT2D eigenvalue weighted by molar-refractivity contribution is 5.99. The first-order chi connectivity index (χ1) is 6.83. The highest BCUT2D eigenvalue weighted by Gasteiger charge is 2.15. The molecular formula is C9H9N3O2. The number of aromatic amines is 1. The predicted molar refractivity (Wildman–Crippen MR) is 49.8 cm³/mol. The fraction of sp³-hybridized carbons (Fsp3) is 0.222. The number of esters is 1. The molecular weight excluding hydrogens is 182 g/mol. The second kappa shape index (κ2) is 3.45. The Morgan fingerprint density at radius 3 is 3.29 bits per heavy atom. The van der Waals surface area contributed by atoms with Gasteiger partial charge in [-0.2, -0.15) is 5.10 Å². The van der Waals surface area contributed by atoms with Crippen LogP contribution in [-0.2, 0) is 4.74 Å². The topological polar surface area (TPSA) is 67.9 Å². The lowest BCUT2D eigenvalue weighted by Gasteiger charge is -1.96. The molecule has 0 fully saturated rings.